The van der Waals surface area contributed by atoms with E-state index < -0.39 is 0 Å². The molecule has 2 aromatic carbocycles. The van der Waals surface area contributed by atoms with Gasteiger partial charge in [-0.15, -0.1) is 11.3 Å². The number of aromatic nitrogens is 3. The molecule has 4 rings (SSSR count). The molecule has 0 bridgehead atoms. The van der Waals surface area contributed by atoms with Crippen molar-refractivity contribution in [2.45, 2.75) is 13.8 Å². The summed E-state index contributed by atoms with van der Waals surface area (Å²) in [7, 11) is 0. The third-order valence-corrected chi connectivity index (χ3v) is 5.49. The normalized spacial score (nSPS) is 10.7. The monoisotopic (exact) mass is 372 g/mol. The van der Waals surface area contributed by atoms with Gasteiger partial charge in [0.1, 0.15) is 5.01 Å². The minimum Gasteiger partial charge on any atom is -0.354 e. The average Bonchev–Trinajstić information content (AvgIpc) is 3.11. The van der Waals surface area contributed by atoms with Crippen molar-refractivity contribution >= 4 is 17.3 Å². The molecule has 0 amide bonds. The maximum Gasteiger partial charge on any atom is 0.223 e. The molecular weight excluding hydrogens is 352 g/mol. The first-order chi connectivity index (χ1) is 13.2. The van der Waals surface area contributed by atoms with E-state index in [2.05, 4.69) is 63.8 Å². The zero-order valence-electron chi connectivity index (χ0n) is 15.3. The lowest BCUT2D eigenvalue weighted by Crippen LogP contribution is -2.01. The van der Waals surface area contributed by atoms with Crippen LogP contribution < -0.4 is 5.32 Å². The fraction of sp³-hybridized carbons (Fsp3) is 0.136. The Kier molecular flexibility index (Phi) is 4.94. The van der Waals surface area contributed by atoms with Gasteiger partial charge in [0.05, 0.1) is 16.3 Å². The second-order valence-electron chi connectivity index (χ2n) is 6.17. The summed E-state index contributed by atoms with van der Waals surface area (Å²) in [5.74, 6) is 0.650. The molecule has 0 spiro atoms. The van der Waals surface area contributed by atoms with Gasteiger partial charge in [0, 0.05) is 18.3 Å². The van der Waals surface area contributed by atoms with Crippen LogP contribution in [-0.4, -0.2) is 21.5 Å². The molecule has 0 saturated carbocycles. The average molecular weight is 372 g/mol. The summed E-state index contributed by atoms with van der Waals surface area (Å²) in [6, 6.07) is 20.9. The summed E-state index contributed by atoms with van der Waals surface area (Å²) >= 11 is 1.66. The van der Waals surface area contributed by atoms with Crippen LogP contribution in [0.15, 0.2) is 66.9 Å². The van der Waals surface area contributed by atoms with Crippen LogP contribution in [0.1, 0.15) is 12.6 Å². The largest absolute Gasteiger partial charge is 0.354 e. The Bertz CT molecular complexity index is 1040. The van der Waals surface area contributed by atoms with Gasteiger partial charge in [0.15, 0.2) is 0 Å². The molecule has 2 heterocycles. The lowest BCUT2D eigenvalue weighted by Gasteiger charge is -2.03. The second kappa shape index (κ2) is 7.68. The van der Waals surface area contributed by atoms with Gasteiger partial charge in [0.2, 0.25) is 5.95 Å². The van der Waals surface area contributed by atoms with Crippen LogP contribution in [0.25, 0.3) is 32.3 Å². The molecule has 2 aromatic heterocycles. The molecule has 1 N–H and O–H groups in total. The molecular formula is C22H20N4S. The Morgan fingerprint density at radius 3 is 2.30 bits per heavy atom. The van der Waals surface area contributed by atoms with Gasteiger partial charge in [0.25, 0.3) is 0 Å². The highest BCUT2D eigenvalue weighted by molar-refractivity contribution is 7.18. The van der Waals surface area contributed by atoms with Gasteiger partial charge >= 0.3 is 0 Å². The lowest BCUT2D eigenvalue weighted by atomic mass is 10.0. The summed E-state index contributed by atoms with van der Waals surface area (Å²) in [6.07, 6.45) is 1.79. The Hall–Kier alpha value is -3.05. The molecule has 27 heavy (non-hydrogen) atoms. The highest BCUT2D eigenvalue weighted by atomic mass is 32.1. The fourth-order valence-electron chi connectivity index (χ4n) is 2.92. The van der Waals surface area contributed by atoms with Crippen molar-refractivity contribution in [1.82, 2.24) is 15.0 Å². The smallest absolute Gasteiger partial charge is 0.223 e. The number of thiazole rings is 1. The number of anilines is 1. The van der Waals surface area contributed by atoms with Crippen molar-refractivity contribution in [3.05, 3.63) is 72.6 Å². The van der Waals surface area contributed by atoms with E-state index in [9.17, 15) is 0 Å². The van der Waals surface area contributed by atoms with Gasteiger partial charge in [-0.2, -0.15) is 0 Å². The molecule has 0 saturated heterocycles. The topological polar surface area (TPSA) is 50.7 Å². The Balaban J connectivity index is 1.64. The highest BCUT2D eigenvalue weighted by Gasteiger charge is 2.13. The third kappa shape index (κ3) is 3.73. The fourth-order valence-corrected chi connectivity index (χ4v) is 3.96. The second-order valence-corrected chi connectivity index (χ2v) is 7.17. The first kappa shape index (κ1) is 17.4. The quantitative estimate of drug-likeness (QED) is 0.490. The Morgan fingerprint density at radius 1 is 0.852 bits per heavy atom. The van der Waals surface area contributed by atoms with Crippen LogP contribution in [0.4, 0.5) is 5.95 Å². The lowest BCUT2D eigenvalue weighted by molar-refractivity contribution is 1.09. The predicted molar refractivity (Wildman–Crippen MR) is 113 cm³/mol. The summed E-state index contributed by atoms with van der Waals surface area (Å²) in [6.45, 7) is 4.86. The summed E-state index contributed by atoms with van der Waals surface area (Å²) in [5, 5.41) is 4.16. The van der Waals surface area contributed by atoms with Crippen LogP contribution in [0.2, 0.25) is 0 Å². The van der Waals surface area contributed by atoms with Crippen LogP contribution in [-0.2, 0) is 0 Å². The number of hydrogen-bond acceptors (Lipinski definition) is 5. The van der Waals surface area contributed by atoms with E-state index in [1.165, 1.54) is 11.1 Å². The first-order valence-electron chi connectivity index (χ1n) is 8.95. The van der Waals surface area contributed by atoms with Crippen molar-refractivity contribution in [1.29, 1.82) is 0 Å². The molecule has 4 nitrogen and oxygen atoms in total. The van der Waals surface area contributed by atoms with Crippen LogP contribution in [0.5, 0.6) is 0 Å². The maximum absolute atomic E-state index is 4.77. The molecule has 134 valence electrons. The van der Waals surface area contributed by atoms with Crippen LogP contribution in [0, 0.1) is 6.92 Å². The SMILES string of the molecule is CCNc1nccc(-c2sc(-c3ccc(-c4ccccc4)cc3)nc2C)n1. The highest BCUT2D eigenvalue weighted by Crippen LogP contribution is 2.35. The first-order valence-corrected chi connectivity index (χ1v) is 9.77. The summed E-state index contributed by atoms with van der Waals surface area (Å²) in [5.41, 5.74) is 5.44. The molecule has 5 heteroatoms. The third-order valence-electron chi connectivity index (χ3n) is 4.26. The van der Waals surface area contributed by atoms with Gasteiger partial charge in [-0.25, -0.2) is 15.0 Å². The van der Waals surface area contributed by atoms with Gasteiger partial charge in [-0.05, 0) is 31.0 Å². The molecule has 0 aliphatic heterocycles. The van der Waals surface area contributed by atoms with E-state index in [1.54, 1.807) is 17.5 Å². The van der Waals surface area contributed by atoms with E-state index in [0.29, 0.717) is 5.95 Å². The molecule has 0 aliphatic rings. The van der Waals surface area contributed by atoms with E-state index in [1.807, 2.05) is 26.0 Å². The van der Waals surface area contributed by atoms with Crippen molar-refractivity contribution in [3.63, 3.8) is 0 Å². The zero-order valence-corrected chi connectivity index (χ0v) is 16.1. The van der Waals surface area contributed by atoms with Gasteiger partial charge < -0.3 is 5.32 Å². The number of nitrogens with one attached hydrogen (secondary N) is 1. The minimum atomic E-state index is 0.650. The number of benzene rings is 2. The Morgan fingerprint density at radius 2 is 1.56 bits per heavy atom. The van der Waals surface area contributed by atoms with E-state index in [4.69, 9.17) is 4.98 Å². The minimum absolute atomic E-state index is 0.650. The molecule has 0 unspecified atom stereocenters. The number of nitrogens with zero attached hydrogens (tertiary/aromatic N) is 3. The van der Waals surface area contributed by atoms with Crippen molar-refractivity contribution in [3.8, 4) is 32.3 Å². The molecule has 0 radical (unpaired) electrons. The molecule has 0 aliphatic carbocycles. The molecule has 0 atom stereocenters. The van der Waals surface area contributed by atoms with Crippen LogP contribution in [0.3, 0.4) is 0 Å². The number of hydrogen-bond donors (Lipinski definition) is 1. The van der Waals surface area contributed by atoms with E-state index in [0.717, 1.165) is 33.4 Å². The zero-order chi connectivity index (χ0) is 18.6. The van der Waals surface area contributed by atoms with Crippen molar-refractivity contribution in [2.24, 2.45) is 0 Å². The van der Waals surface area contributed by atoms with Gasteiger partial charge in [-0.3, -0.25) is 0 Å². The van der Waals surface area contributed by atoms with Crippen LogP contribution >= 0.6 is 11.3 Å². The standard InChI is InChI=1S/C22H20N4S/c1-3-23-22-24-14-13-19(26-22)20-15(2)25-21(27-20)18-11-9-17(10-12-18)16-7-5-4-6-8-16/h4-14H,3H2,1-2H3,(H,23,24,26). The summed E-state index contributed by atoms with van der Waals surface area (Å²) in [4.78, 5) is 14.7. The molecule has 0 fully saturated rings. The Labute approximate surface area is 163 Å². The van der Waals surface area contributed by atoms with Crippen molar-refractivity contribution in [2.75, 3.05) is 11.9 Å². The molecule has 4 aromatic rings. The number of aryl methyl sites for hydroxylation is 1. The number of rotatable bonds is 5. The van der Waals surface area contributed by atoms with Gasteiger partial charge in [-0.1, -0.05) is 54.6 Å². The maximum atomic E-state index is 4.77. The van der Waals surface area contributed by atoms with E-state index >= 15 is 0 Å². The van der Waals surface area contributed by atoms with Crippen molar-refractivity contribution < 1.29 is 0 Å². The predicted octanol–water partition coefficient (Wildman–Crippen LogP) is 5.67. The van der Waals surface area contributed by atoms with E-state index in [-0.39, 0.29) is 0 Å². The summed E-state index contributed by atoms with van der Waals surface area (Å²) < 4.78 is 0.